The number of alkyl halides is 2. The van der Waals surface area contributed by atoms with Gasteiger partial charge in [0.05, 0.1) is 11.7 Å². The lowest BCUT2D eigenvalue weighted by molar-refractivity contribution is -0.145. The van der Waals surface area contributed by atoms with Crippen molar-refractivity contribution in [2.75, 3.05) is 13.7 Å². The van der Waals surface area contributed by atoms with Crippen LogP contribution < -0.4 is 5.32 Å². The predicted octanol–water partition coefficient (Wildman–Crippen LogP) is 2.54. The van der Waals surface area contributed by atoms with E-state index in [-0.39, 0.29) is 35.7 Å². The highest BCUT2D eigenvalue weighted by atomic mass is 32.1. The average molecular weight is 333 g/mol. The van der Waals surface area contributed by atoms with Crippen LogP contribution in [0.25, 0.3) is 0 Å². The number of carbonyl (C=O) groups is 2. The van der Waals surface area contributed by atoms with Crippen molar-refractivity contribution < 1.29 is 28.2 Å². The molecule has 22 heavy (non-hydrogen) atoms. The summed E-state index contributed by atoms with van der Waals surface area (Å²) in [5, 5.41) is 11.5. The van der Waals surface area contributed by atoms with E-state index in [0.29, 0.717) is 4.88 Å². The first kappa shape index (κ1) is 16.8. The summed E-state index contributed by atoms with van der Waals surface area (Å²) in [5.41, 5.74) is 0.288. The zero-order valence-electron chi connectivity index (χ0n) is 12.2. The monoisotopic (exact) mass is 333 g/mol. The van der Waals surface area contributed by atoms with Crippen LogP contribution in [0.1, 0.15) is 37.7 Å². The lowest BCUT2D eigenvalue weighted by atomic mass is 9.77. The van der Waals surface area contributed by atoms with Gasteiger partial charge in [-0.1, -0.05) is 0 Å². The molecule has 1 fully saturated rings. The van der Waals surface area contributed by atoms with E-state index in [2.05, 4.69) is 5.32 Å². The van der Waals surface area contributed by atoms with E-state index in [1.165, 1.54) is 13.2 Å². The number of aryl methyl sites for hydroxylation is 1. The van der Waals surface area contributed by atoms with Gasteiger partial charge in [0.25, 0.3) is 5.91 Å². The number of thiophene rings is 1. The minimum absolute atomic E-state index is 0.0876. The van der Waals surface area contributed by atoms with Crippen LogP contribution in [-0.4, -0.2) is 42.7 Å². The Morgan fingerprint density at radius 3 is 2.64 bits per heavy atom. The number of aromatic carboxylic acids is 1. The molecular formula is C14H17F2NO4S. The Hall–Kier alpha value is -1.54. The van der Waals surface area contributed by atoms with Crippen LogP contribution in [0.4, 0.5) is 8.78 Å². The summed E-state index contributed by atoms with van der Waals surface area (Å²) in [4.78, 5) is 23.6. The summed E-state index contributed by atoms with van der Waals surface area (Å²) < 4.78 is 30.9. The smallest absolute Gasteiger partial charge is 0.345 e. The molecule has 2 rings (SSSR count). The fraction of sp³-hybridized carbons (Fsp3) is 0.571. The second kappa shape index (κ2) is 6.29. The maximum absolute atomic E-state index is 12.9. The van der Waals surface area contributed by atoms with Crippen molar-refractivity contribution in [2.45, 2.75) is 31.8 Å². The SMILES string of the molecule is COC(CNC(=O)c1cc(C(=O)O)sc1C)C1CC(F)(F)C1. The molecule has 1 unspecified atom stereocenters. The van der Waals surface area contributed by atoms with Crippen LogP contribution in [0.5, 0.6) is 0 Å². The number of hydrogen-bond acceptors (Lipinski definition) is 4. The van der Waals surface area contributed by atoms with E-state index in [4.69, 9.17) is 9.84 Å². The Morgan fingerprint density at radius 2 is 2.18 bits per heavy atom. The molecule has 2 N–H and O–H groups in total. The minimum atomic E-state index is -2.63. The van der Waals surface area contributed by atoms with Gasteiger partial charge in [-0.25, -0.2) is 13.6 Å². The fourth-order valence-electron chi connectivity index (χ4n) is 2.51. The third-order valence-corrected chi connectivity index (χ3v) is 4.83. The molecule has 0 aliphatic heterocycles. The molecule has 1 heterocycles. The van der Waals surface area contributed by atoms with Gasteiger partial charge < -0.3 is 15.2 Å². The average Bonchev–Trinajstić information content (AvgIpc) is 2.79. The van der Waals surface area contributed by atoms with Gasteiger partial charge in [0.1, 0.15) is 4.88 Å². The molecule has 0 saturated heterocycles. The van der Waals surface area contributed by atoms with Gasteiger partial charge in [-0.2, -0.15) is 0 Å². The van der Waals surface area contributed by atoms with E-state index >= 15 is 0 Å². The first-order valence-corrected chi connectivity index (χ1v) is 7.57. The highest BCUT2D eigenvalue weighted by molar-refractivity contribution is 7.14. The second-order valence-electron chi connectivity index (χ2n) is 5.39. The standard InChI is InChI=1S/C14H17F2NO4S/c1-7-9(3-11(22-7)13(19)20)12(18)17-6-10(21-2)8-4-14(15,16)5-8/h3,8,10H,4-6H2,1-2H3,(H,17,18)(H,19,20). The molecule has 0 spiro atoms. The van der Waals surface area contributed by atoms with Crippen LogP contribution in [0.15, 0.2) is 6.07 Å². The molecule has 1 atom stereocenters. The van der Waals surface area contributed by atoms with Gasteiger partial charge >= 0.3 is 5.97 Å². The number of methoxy groups -OCH3 is 1. The van der Waals surface area contributed by atoms with E-state index in [0.717, 1.165) is 11.3 Å². The number of nitrogens with one attached hydrogen (secondary N) is 1. The number of carboxylic acid groups (broad SMARTS) is 1. The molecule has 1 aromatic heterocycles. The van der Waals surface area contributed by atoms with Crippen molar-refractivity contribution in [2.24, 2.45) is 5.92 Å². The molecule has 1 aliphatic rings. The lowest BCUT2D eigenvalue weighted by Crippen LogP contribution is -2.47. The number of hydrogen-bond donors (Lipinski definition) is 2. The van der Waals surface area contributed by atoms with Gasteiger partial charge in [0.15, 0.2) is 0 Å². The first-order chi connectivity index (χ1) is 10.2. The van der Waals surface area contributed by atoms with Crippen LogP contribution in [0.3, 0.4) is 0 Å². The summed E-state index contributed by atoms with van der Waals surface area (Å²) in [7, 11) is 1.42. The van der Waals surface area contributed by atoms with Crippen molar-refractivity contribution in [3.8, 4) is 0 Å². The molecule has 1 saturated carbocycles. The molecule has 122 valence electrons. The summed E-state index contributed by atoms with van der Waals surface area (Å²) in [5.74, 6) is -4.42. The van der Waals surface area contributed by atoms with Crippen LogP contribution in [-0.2, 0) is 4.74 Å². The molecule has 5 nitrogen and oxygen atoms in total. The van der Waals surface area contributed by atoms with Crippen molar-refractivity contribution in [3.05, 3.63) is 21.4 Å². The normalized spacial score (nSPS) is 18.5. The summed E-state index contributed by atoms with van der Waals surface area (Å²) >= 11 is 1.02. The van der Waals surface area contributed by atoms with Crippen LogP contribution >= 0.6 is 11.3 Å². The Labute approximate surface area is 130 Å². The third-order valence-electron chi connectivity index (χ3n) is 3.79. The number of amides is 1. The van der Waals surface area contributed by atoms with Gasteiger partial charge in [0.2, 0.25) is 5.92 Å². The van der Waals surface area contributed by atoms with E-state index < -0.39 is 23.9 Å². The van der Waals surface area contributed by atoms with Gasteiger partial charge in [0, 0.05) is 31.4 Å². The van der Waals surface area contributed by atoms with Crippen molar-refractivity contribution in [3.63, 3.8) is 0 Å². The highest BCUT2D eigenvalue weighted by Gasteiger charge is 2.48. The fourth-order valence-corrected chi connectivity index (χ4v) is 3.37. The Bertz CT molecular complexity index is 579. The Morgan fingerprint density at radius 1 is 1.55 bits per heavy atom. The third kappa shape index (κ3) is 3.61. The molecule has 1 aromatic rings. The van der Waals surface area contributed by atoms with Crippen LogP contribution in [0.2, 0.25) is 0 Å². The van der Waals surface area contributed by atoms with Gasteiger partial charge in [-0.05, 0) is 18.9 Å². The Balaban J connectivity index is 1.93. The quantitative estimate of drug-likeness (QED) is 0.839. The van der Waals surface area contributed by atoms with E-state index in [1.807, 2.05) is 0 Å². The number of carbonyl (C=O) groups excluding carboxylic acids is 1. The number of carboxylic acids is 1. The summed E-state index contributed by atoms with van der Waals surface area (Å²) in [6.07, 6.45) is -0.939. The highest BCUT2D eigenvalue weighted by Crippen LogP contribution is 2.44. The number of ether oxygens (including phenoxy) is 1. The molecule has 0 radical (unpaired) electrons. The molecule has 0 aromatic carbocycles. The minimum Gasteiger partial charge on any atom is -0.477 e. The summed E-state index contributed by atoms with van der Waals surface area (Å²) in [6, 6.07) is 1.32. The van der Waals surface area contributed by atoms with Crippen molar-refractivity contribution >= 4 is 23.2 Å². The largest absolute Gasteiger partial charge is 0.477 e. The predicted molar refractivity (Wildman–Crippen MR) is 76.8 cm³/mol. The molecule has 8 heteroatoms. The van der Waals surface area contributed by atoms with Crippen LogP contribution in [0, 0.1) is 12.8 Å². The zero-order chi connectivity index (χ0) is 16.5. The van der Waals surface area contributed by atoms with Crippen molar-refractivity contribution in [1.29, 1.82) is 0 Å². The molecular weight excluding hydrogens is 316 g/mol. The van der Waals surface area contributed by atoms with Gasteiger partial charge in [-0.15, -0.1) is 11.3 Å². The lowest BCUT2D eigenvalue weighted by Gasteiger charge is -2.39. The summed E-state index contributed by atoms with van der Waals surface area (Å²) in [6.45, 7) is 1.78. The zero-order valence-corrected chi connectivity index (χ0v) is 13.0. The molecule has 1 aliphatic carbocycles. The topological polar surface area (TPSA) is 75.6 Å². The van der Waals surface area contributed by atoms with Crippen molar-refractivity contribution in [1.82, 2.24) is 5.32 Å². The second-order valence-corrected chi connectivity index (χ2v) is 6.65. The van der Waals surface area contributed by atoms with E-state index in [9.17, 15) is 18.4 Å². The first-order valence-electron chi connectivity index (χ1n) is 6.76. The number of rotatable bonds is 6. The molecule has 1 amide bonds. The maximum Gasteiger partial charge on any atom is 0.345 e. The Kier molecular flexibility index (Phi) is 4.81. The maximum atomic E-state index is 12.9. The molecule has 0 bridgehead atoms. The van der Waals surface area contributed by atoms with E-state index in [1.54, 1.807) is 6.92 Å². The van der Waals surface area contributed by atoms with Gasteiger partial charge in [-0.3, -0.25) is 4.79 Å². The number of halogens is 2.